The molecule has 4 saturated heterocycles. The van der Waals surface area contributed by atoms with Crippen LogP contribution in [0.25, 0.3) is 0 Å². The van der Waals surface area contributed by atoms with E-state index in [1.807, 2.05) is 4.90 Å². The van der Waals surface area contributed by atoms with Crippen molar-refractivity contribution in [3.63, 3.8) is 0 Å². The van der Waals surface area contributed by atoms with Gasteiger partial charge in [0.25, 0.3) is 0 Å². The van der Waals surface area contributed by atoms with Crippen molar-refractivity contribution in [1.82, 2.24) is 30.7 Å². The number of piperazine rings is 2. The van der Waals surface area contributed by atoms with E-state index in [1.165, 1.54) is 25.7 Å². The van der Waals surface area contributed by atoms with Crippen molar-refractivity contribution in [2.45, 2.75) is 94.9 Å². The molecule has 0 spiro atoms. The minimum atomic E-state index is -0.188. The molecule has 5 fully saturated rings. The fraction of sp³-hybridized carbons (Fsp3) is 0.885. The lowest BCUT2D eigenvalue weighted by molar-refractivity contribution is -0.134. The Morgan fingerprint density at radius 3 is 2.49 bits per heavy atom. The predicted octanol–water partition coefficient (Wildman–Crippen LogP) is 0.648. The molecule has 9 nitrogen and oxygen atoms in total. The van der Waals surface area contributed by atoms with Crippen LogP contribution in [-0.2, 0) is 14.4 Å². The third-order valence-corrected chi connectivity index (χ3v) is 9.03. The second kappa shape index (κ2) is 11.6. The normalized spacial score (nSPS) is 33.3. The third-order valence-electron chi connectivity index (χ3n) is 9.03. The molecular formula is C26H44N6O3. The Kier molecular flexibility index (Phi) is 8.25. The Labute approximate surface area is 209 Å². The van der Waals surface area contributed by atoms with E-state index < -0.39 is 0 Å². The maximum atomic E-state index is 13.0. The number of piperidine rings is 1. The van der Waals surface area contributed by atoms with Crippen LogP contribution in [0.15, 0.2) is 0 Å². The number of rotatable bonds is 6. The van der Waals surface area contributed by atoms with Gasteiger partial charge in [0.1, 0.15) is 0 Å². The highest BCUT2D eigenvalue weighted by atomic mass is 16.2. The molecule has 4 aliphatic heterocycles. The Hall–Kier alpha value is -1.71. The van der Waals surface area contributed by atoms with Crippen LogP contribution in [0.3, 0.4) is 0 Å². The van der Waals surface area contributed by atoms with Crippen molar-refractivity contribution in [3.05, 3.63) is 0 Å². The van der Waals surface area contributed by atoms with E-state index in [9.17, 15) is 14.4 Å². The van der Waals surface area contributed by atoms with E-state index in [-0.39, 0.29) is 41.8 Å². The van der Waals surface area contributed by atoms with Gasteiger partial charge in [0.2, 0.25) is 17.7 Å². The van der Waals surface area contributed by atoms with Gasteiger partial charge in [-0.25, -0.2) is 0 Å². The first kappa shape index (κ1) is 25.0. The van der Waals surface area contributed by atoms with Crippen LogP contribution in [0, 0.1) is 5.92 Å². The molecule has 9 heteroatoms. The Morgan fingerprint density at radius 2 is 1.74 bits per heavy atom. The van der Waals surface area contributed by atoms with E-state index >= 15 is 0 Å². The first-order valence-electron chi connectivity index (χ1n) is 14.2. The lowest BCUT2D eigenvalue weighted by Crippen LogP contribution is -2.58. The van der Waals surface area contributed by atoms with Crippen LogP contribution < -0.4 is 16.0 Å². The summed E-state index contributed by atoms with van der Waals surface area (Å²) >= 11 is 0. The maximum Gasteiger partial charge on any atom is 0.237 e. The molecule has 0 aromatic carbocycles. The van der Waals surface area contributed by atoms with Crippen LogP contribution in [0.4, 0.5) is 0 Å². The van der Waals surface area contributed by atoms with Gasteiger partial charge in [-0.05, 0) is 51.5 Å². The number of amides is 3. The summed E-state index contributed by atoms with van der Waals surface area (Å²) in [7, 11) is 0. The van der Waals surface area contributed by atoms with Gasteiger partial charge in [-0.2, -0.15) is 0 Å². The molecule has 3 N–H and O–H groups in total. The van der Waals surface area contributed by atoms with Gasteiger partial charge >= 0.3 is 0 Å². The molecule has 0 radical (unpaired) electrons. The van der Waals surface area contributed by atoms with Gasteiger partial charge in [0.05, 0.1) is 12.2 Å². The molecule has 35 heavy (non-hydrogen) atoms. The summed E-state index contributed by atoms with van der Waals surface area (Å²) in [5.41, 5.74) is 0. The average molecular weight is 489 g/mol. The predicted molar refractivity (Wildman–Crippen MR) is 133 cm³/mol. The molecule has 4 heterocycles. The number of carbonyl (C=O) groups is 3. The first-order valence-corrected chi connectivity index (χ1v) is 14.2. The lowest BCUT2D eigenvalue weighted by atomic mass is 9.88. The van der Waals surface area contributed by atoms with E-state index in [2.05, 4.69) is 25.8 Å². The largest absolute Gasteiger partial charge is 0.353 e. The van der Waals surface area contributed by atoms with Gasteiger partial charge in [-0.15, -0.1) is 0 Å². The molecule has 4 unspecified atom stereocenters. The molecule has 1 aliphatic carbocycles. The van der Waals surface area contributed by atoms with Crippen LogP contribution in [-0.4, -0.2) is 103 Å². The number of hydrogen-bond donors (Lipinski definition) is 3. The number of carbonyl (C=O) groups excluding carboxylic acids is 3. The van der Waals surface area contributed by atoms with E-state index in [1.54, 1.807) is 0 Å². The van der Waals surface area contributed by atoms with Gasteiger partial charge in [0.15, 0.2) is 0 Å². The monoisotopic (exact) mass is 488 g/mol. The van der Waals surface area contributed by atoms with Gasteiger partial charge in [0, 0.05) is 63.7 Å². The van der Waals surface area contributed by atoms with Crippen LogP contribution in [0.2, 0.25) is 0 Å². The summed E-state index contributed by atoms with van der Waals surface area (Å²) in [4.78, 5) is 45.1. The minimum absolute atomic E-state index is 0.0259. The Balaban J connectivity index is 1.08. The van der Waals surface area contributed by atoms with E-state index in [0.717, 1.165) is 64.8 Å². The molecule has 0 aromatic rings. The highest BCUT2D eigenvalue weighted by Gasteiger charge is 2.44. The summed E-state index contributed by atoms with van der Waals surface area (Å²) in [6.45, 7) is 5.90. The average Bonchev–Trinajstić information content (AvgIpc) is 3.34. The summed E-state index contributed by atoms with van der Waals surface area (Å²) in [6.07, 6.45) is 11.7. The van der Waals surface area contributed by atoms with Crippen molar-refractivity contribution in [1.29, 1.82) is 0 Å². The van der Waals surface area contributed by atoms with Crippen LogP contribution in [0.1, 0.15) is 70.6 Å². The second-order valence-corrected chi connectivity index (χ2v) is 11.3. The van der Waals surface area contributed by atoms with E-state index in [0.29, 0.717) is 32.1 Å². The standard InChI is InChI=1S/C26H44N6O3/c33-24(31-14-12-30(13-15-31)23-8-4-5-11-27-23)10-9-21-17-28-26(35)22-16-20(18-32(21)22)29-25(34)19-6-2-1-3-7-19/h19-23,27H,1-18H2,(H,28,35)(H,29,34). The third kappa shape index (κ3) is 6.00. The second-order valence-electron chi connectivity index (χ2n) is 11.3. The fourth-order valence-electron chi connectivity index (χ4n) is 6.91. The number of hydrogen-bond acceptors (Lipinski definition) is 6. The fourth-order valence-corrected chi connectivity index (χ4v) is 6.91. The zero-order chi connectivity index (χ0) is 24.2. The Bertz CT molecular complexity index is 758. The molecule has 1 saturated carbocycles. The molecule has 196 valence electrons. The van der Waals surface area contributed by atoms with Crippen molar-refractivity contribution in [2.24, 2.45) is 5.92 Å². The topological polar surface area (TPSA) is 97.0 Å². The highest BCUT2D eigenvalue weighted by Crippen LogP contribution is 2.28. The summed E-state index contributed by atoms with van der Waals surface area (Å²) in [5.74, 6) is 0.604. The van der Waals surface area contributed by atoms with Gasteiger partial charge in [-0.1, -0.05) is 19.3 Å². The number of nitrogens with zero attached hydrogens (tertiary/aromatic N) is 3. The highest BCUT2D eigenvalue weighted by molar-refractivity contribution is 5.84. The molecule has 0 bridgehead atoms. The zero-order valence-electron chi connectivity index (χ0n) is 21.2. The molecule has 0 aromatic heterocycles. The van der Waals surface area contributed by atoms with Crippen molar-refractivity contribution in [2.75, 3.05) is 45.8 Å². The molecule has 5 rings (SSSR count). The number of fused-ring (bicyclic) bond motifs is 1. The minimum Gasteiger partial charge on any atom is -0.353 e. The smallest absolute Gasteiger partial charge is 0.237 e. The van der Waals surface area contributed by atoms with E-state index in [4.69, 9.17) is 0 Å². The SMILES string of the molecule is O=C(NC1CC2C(=O)NCC(CCC(=O)N3CCN(C4CCCCN4)CC3)N2C1)C1CCCCC1. The van der Waals surface area contributed by atoms with Crippen molar-refractivity contribution in [3.8, 4) is 0 Å². The van der Waals surface area contributed by atoms with Crippen LogP contribution >= 0.6 is 0 Å². The summed E-state index contributed by atoms with van der Waals surface area (Å²) in [6, 6.07) is -0.00374. The van der Waals surface area contributed by atoms with Crippen LogP contribution in [0.5, 0.6) is 0 Å². The van der Waals surface area contributed by atoms with Gasteiger partial charge in [-0.3, -0.25) is 24.2 Å². The van der Waals surface area contributed by atoms with Gasteiger partial charge < -0.3 is 20.9 Å². The molecular weight excluding hydrogens is 444 g/mol. The number of nitrogens with one attached hydrogen (secondary N) is 3. The summed E-state index contributed by atoms with van der Waals surface area (Å²) < 4.78 is 0. The van der Waals surface area contributed by atoms with Crippen molar-refractivity contribution < 1.29 is 14.4 Å². The molecule has 5 aliphatic rings. The maximum absolute atomic E-state index is 13.0. The quantitative estimate of drug-likeness (QED) is 0.508. The Morgan fingerprint density at radius 1 is 0.971 bits per heavy atom. The first-order chi connectivity index (χ1) is 17.1. The molecule has 3 amide bonds. The summed E-state index contributed by atoms with van der Waals surface area (Å²) in [5, 5.41) is 9.92. The lowest BCUT2D eigenvalue weighted by Gasteiger charge is -2.41. The molecule has 4 atom stereocenters. The zero-order valence-corrected chi connectivity index (χ0v) is 21.2. The van der Waals surface area contributed by atoms with Crippen molar-refractivity contribution >= 4 is 17.7 Å².